The molecule has 1 amide bonds. The normalized spacial score (nSPS) is 16.8. The Kier molecular flexibility index (Phi) is 4.46. The Balaban J connectivity index is 1.64. The number of amides is 1. The van der Waals surface area contributed by atoms with E-state index in [0.717, 1.165) is 54.4 Å². The van der Waals surface area contributed by atoms with Crippen molar-refractivity contribution in [2.45, 2.75) is 58.4 Å². The first-order valence-electron chi connectivity index (χ1n) is 9.18. The average molecular weight is 357 g/mol. The van der Waals surface area contributed by atoms with Crippen LogP contribution in [0.25, 0.3) is 10.2 Å². The van der Waals surface area contributed by atoms with Gasteiger partial charge in [0.2, 0.25) is 5.91 Å². The Labute approximate surface area is 151 Å². The summed E-state index contributed by atoms with van der Waals surface area (Å²) in [4.78, 5) is 34.1. The van der Waals surface area contributed by atoms with Crippen LogP contribution in [0.2, 0.25) is 0 Å². The standard InChI is InChI=1S/C19H23N3O2S/c1-2-22(13-7-4-3-5-8-13)16(23)11-21-12-20-18-17(19(21)24)14-9-6-10-15(14)25-18/h7,12H,2-6,8-11H2,1H3. The number of hydrogen-bond donors (Lipinski definition) is 0. The maximum atomic E-state index is 12.9. The van der Waals surface area contributed by atoms with E-state index in [9.17, 15) is 9.59 Å². The minimum Gasteiger partial charge on any atom is -0.315 e. The van der Waals surface area contributed by atoms with Crippen molar-refractivity contribution in [2.75, 3.05) is 6.54 Å². The van der Waals surface area contributed by atoms with Gasteiger partial charge in [-0.05, 0) is 57.4 Å². The Morgan fingerprint density at radius 2 is 2.16 bits per heavy atom. The molecule has 132 valence electrons. The van der Waals surface area contributed by atoms with Crippen molar-refractivity contribution in [3.63, 3.8) is 0 Å². The highest BCUT2D eigenvalue weighted by molar-refractivity contribution is 7.18. The van der Waals surface area contributed by atoms with Crippen LogP contribution in [0.5, 0.6) is 0 Å². The van der Waals surface area contributed by atoms with Gasteiger partial charge < -0.3 is 4.90 Å². The largest absolute Gasteiger partial charge is 0.315 e. The molecular weight excluding hydrogens is 334 g/mol. The molecular formula is C19H23N3O2S. The molecule has 0 aliphatic heterocycles. The number of hydrogen-bond acceptors (Lipinski definition) is 4. The van der Waals surface area contributed by atoms with E-state index >= 15 is 0 Å². The maximum absolute atomic E-state index is 12.9. The van der Waals surface area contributed by atoms with E-state index in [-0.39, 0.29) is 18.0 Å². The Bertz CT molecular complexity index is 909. The lowest BCUT2D eigenvalue weighted by atomic mass is 10.0. The maximum Gasteiger partial charge on any atom is 0.262 e. The first-order valence-corrected chi connectivity index (χ1v) is 9.99. The molecule has 25 heavy (non-hydrogen) atoms. The molecule has 0 radical (unpaired) electrons. The highest BCUT2D eigenvalue weighted by Gasteiger charge is 2.23. The lowest BCUT2D eigenvalue weighted by molar-refractivity contribution is -0.130. The van der Waals surface area contributed by atoms with Crippen molar-refractivity contribution in [1.82, 2.24) is 14.5 Å². The smallest absolute Gasteiger partial charge is 0.262 e. The SMILES string of the molecule is CCN(C(=O)Cn1cnc2sc3c(c2c1=O)CCC3)C1=CCCCC1. The van der Waals surface area contributed by atoms with Crippen LogP contribution in [0.3, 0.4) is 0 Å². The molecule has 2 heterocycles. The van der Waals surface area contributed by atoms with Crippen LogP contribution >= 0.6 is 11.3 Å². The third kappa shape index (κ3) is 2.92. The third-order valence-corrected chi connectivity index (χ3v) is 6.43. The minimum absolute atomic E-state index is 0.0224. The van der Waals surface area contributed by atoms with Crippen molar-refractivity contribution in [1.29, 1.82) is 0 Å². The topological polar surface area (TPSA) is 55.2 Å². The van der Waals surface area contributed by atoms with Crippen LogP contribution in [0.15, 0.2) is 22.9 Å². The number of aromatic nitrogens is 2. The summed E-state index contributed by atoms with van der Waals surface area (Å²) in [6.07, 6.45) is 11.1. The molecule has 4 rings (SSSR count). The van der Waals surface area contributed by atoms with Gasteiger partial charge in [0, 0.05) is 17.1 Å². The number of allylic oxidation sites excluding steroid dienone is 2. The molecule has 0 bridgehead atoms. The summed E-state index contributed by atoms with van der Waals surface area (Å²) in [7, 11) is 0. The van der Waals surface area contributed by atoms with Gasteiger partial charge in [-0.3, -0.25) is 14.2 Å². The molecule has 0 atom stereocenters. The number of carbonyl (C=O) groups is 1. The first-order chi connectivity index (χ1) is 12.2. The molecule has 0 N–H and O–H groups in total. The van der Waals surface area contributed by atoms with Gasteiger partial charge >= 0.3 is 0 Å². The number of carbonyl (C=O) groups excluding carboxylic acids is 1. The summed E-state index contributed by atoms with van der Waals surface area (Å²) in [5, 5.41) is 0.743. The summed E-state index contributed by atoms with van der Waals surface area (Å²) in [6, 6.07) is 0. The fourth-order valence-electron chi connectivity index (χ4n) is 3.97. The molecule has 5 nitrogen and oxygen atoms in total. The second kappa shape index (κ2) is 6.75. The van der Waals surface area contributed by atoms with Gasteiger partial charge in [0.25, 0.3) is 5.56 Å². The van der Waals surface area contributed by atoms with E-state index in [1.165, 1.54) is 27.8 Å². The first kappa shape index (κ1) is 16.5. The van der Waals surface area contributed by atoms with Crippen molar-refractivity contribution in [3.8, 4) is 0 Å². The van der Waals surface area contributed by atoms with Crippen LogP contribution in [-0.2, 0) is 24.2 Å². The quantitative estimate of drug-likeness (QED) is 0.844. The molecule has 2 aromatic rings. The lowest BCUT2D eigenvalue weighted by Crippen LogP contribution is -2.36. The van der Waals surface area contributed by atoms with E-state index in [4.69, 9.17) is 0 Å². The summed E-state index contributed by atoms with van der Waals surface area (Å²) < 4.78 is 1.49. The predicted molar refractivity (Wildman–Crippen MR) is 99.8 cm³/mol. The molecule has 2 aromatic heterocycles. The molecule has 0 saturated heterocycles. The average Bonchev–Trinajstić information content (AvgIpc) is 3.20. The number of rotatable bonds is 4. The van der Waals surface area contributed by atoms with Crippen LogP contribution in [-0.4, -0.2) is 26.9 Å². The van der Waals surface area contributed by atoms with Gasteiger partial charge in [0.1, 0.15) is 11.4 Å². The molecule has 0 unspecified atom stereocenters. The number of aryl methyl sites for hydroxylation is 2. The summed E-state index contributed by atoms with van der Waals surface area (Å²) in [5.74, 6) is -0.0224. The number of fused-ring (bicyclic) bond motifs is 3. The minimum atomic E-state index is -0.0635. The fraction of sp³-hybridized carbons (Fsp3) is 0.526. The van der Waals surface area contributed by atoms with Gasteiger partial charge in [0.15, 0.2) is 0 Å². The summed E-state index contributed by atoms with van der Waals surface area (Å²) in [5.41, 5.74) is 2.21. The Morgan fingerprint density at radius 3 is 2.92 bits per heavy atom. The number of thiophene rings is 1. The van der Waals surface area contributed by atoms with E-state index in [1.54, 1.807) is 11.3 Å². The highest BCUT2D eigenvalue weighted by atomic mass is 32.1. The van der Waals surface area contributed by atoms with Gasteiger partial charge in [-0.25, -0.2) is 4.98 Å². The zero-order valence-electron chi connectivity index (χ0n) is 14.6. The Hall–Kier alpha value is -1.95. The number of likely N-dealkylation sites (N-methyl/N-ethyl adjacent to an activating group) is 1. The molecule has 0 saturated carbocycles. The van der Waals surface area contributed by atoms with Gasteiger partial charge in [-0.1, -0.05) is 6.08 Å². The summed E-state index contributed by atoms with van der Waals surface area (Å²) in [6.45, 7) is 2.70. The van der Waals surface area contributed by atoms with E-state index < -0.39 is 0 Å². The van der Waals surface area contributed by atoms with Crippen molar-refractivity contribution in [2.24, 2.45) is 0 Å². The van der Waals surface area contributed by atoms with Crippen LogP contribution < -0.4 is 5.56 Å². The molecule has 6 heteroatoms. The van der Waals surface area contributed by atoms with Crippen LogP contribution in [0.4, 0.5) is 0 Å². The monoisotopic (exact) mass is 357 g/mol. The van der Waals surface area contributed by atoms with Gasteiger partial charge in [0.05, 0.1) is 11.7 Å². The second-order valence-corrected chi connectivity index (χ2v) is 7.88. The van der Waals surface area contributed by atoms with E-state index in [0.29, 0.717) is 6.54 Å². The third-order valence-electron chi connectivity index (χ3n) is 5.23. The fourth-order valence-corrected chi connectivity index (χ4v) is 5.19. The molecule has 0 spiro atoms. The van der Waals surface area contributed by atoms with Crippen LogP contribution in [0, 0.1) is 0 Å². The summed E-state index contributed by atoms with van der Waals surface area (Å²) >= 11 is 1.63. The molecule has 2 aliphatic rings. The predicted octanol–water partition coefficient (Wildman–Crippen LogP) is 3.25. The van der Waals surface area contributed by atoms with Crippen molar-refractivity contribution < 1.29 is 4.79 Å². The molecule has 2 aliphatic carbocycles. The van der Waals surface area contributed by atoms with E-state index in [1.807, 2.05) is 11.8 Å². The van der Waals surface area contributed by atoms with Crippen LogP contribution in [0.1, 0.15) is 49.5 Å². The second-order valence-electron chi connectivity index (χ2n) is 6.79. The molecule has 0 fully saturated rings. The zero-order chi connectivity index (χ0) is 17.4. The lowest BCUT2D eigenvalue weighted by Gasteiger charge is -2.26. The zero-order valence-corrected chi connectivity index (χ0v) is 15.4. The number of nitrogens with zero attached hydrogens (tertiary/aromatic N) is 3. The van der Waals surface area contributed by atoms with E-state index in [2.05, 4.69) is 11.1 Å². The van der Waals surface area contributed by atoms with Crippen molar-refractivity contribution >= 4 is 27.5 Å². The molecule has 0 aromatic carbocycles. The Morgan fingerprint density at radius 1 is 1.28 bits per heavy atom. The van der Waals surface area contributed by atoms with Gasteiger partial charge in [-0.15, -0.1) is 11.3 Å². The highest BCUT2D eigenvalue weighted by Crippen LogP contribution is 2.34. The van der Waals surface area contributed by atoms with Crippen molar-refractivity contribution in [3.05, 3.63) is 38.9 Å². The van der Waals surface area contributed by atoms with Gasteiger partial charge in [-0.2, -0.15) is 0 Å².